The molecular weight excluding hydrogens is 467 g/mol. The Balaban J connectivity index is 1.36. The van der Waals surface area contributed by atoms with Crippen molar-refractivity contribution in [1.82, 2.24) is 14.3 Å². The minimum atomic E-state index is -3.96. The summed E-state index contributed by atoms with van der Waals surface area (Å²) in [5.74, 6) is -1.08. The van der Waals surface area contributed by atoms with Gasteiger partial charge in [0.15, 0.2) is 0 Å². The number of rotatable bonds is 5. The molecule has 1 amide bonds. The van der Waals surface area contributed by atoms with E-state index in [9.17, 15) is 17.6 Å². The standard InChI is InChI=1S/C23H18ClFN4O3S/c24-17-3-1-16-12-19(5-2-15(16)11-17)33(31,32)27-21-7-9-29(23(21)30)22-6-4-18(13-20(22)25)28-10-8-26-14-28/h1-6,8,10-14,21,27H,7,9H2/t21-/m0/s1. The van der Waals surface area contributed by atoms with Crippen molar-refractivity contribution in [2.24, 2.45) is 0 Å². The minimum absolute atomic E-state index is 0.0411. The number of aromatic nitrogens is 2. The Hall–Kier alpha value is -3.27. The van der Waals surface area contributed by atoms with Crippen LogP contribution in [0.2, 0.25) is 5.02 Å². The third-order valence-corrected chi connectivity index (χ3v) is 7.32. The molecule has 33 heavy (non-hydrogen) atoms. The molecule has 1 N–H and O–H groups in total. The first-order valence-electron chi connectivity index (χ1n) is 10.1. The van der Waals surface area contributed by atoms with Crippen molar-refractivity contribution in [3.63, 3.8) is 0 Å². The van der Waals surface area contributed by atoms with E-state index in [2.05, 4.69) is 9.71 Å². The fraction of sp³-hybridized carbons (Fsp3) is 0.130. The van der Waals surface area contributed by atoms with Crippen LogP contribution in [0.4, 0.5) is 10.1 Å². The summed E-state index contributed by atoms with van der Waals surface area (Å²) in [6.45, 7) is 0.198. The van der Waals surface area contributed by atoms with Gasteiger partial charge in [0.05, 0.1) is 16.9 Å². The Morgan fingerprint density at radius 1 is 1.06 bits per heavy atom. The smallest absolute Gasteiger partial charge is 0.245 e. The predicted octanol–water partition coefficient (Wildman–Crippen LogP) is 3.90. The maximum atomic E-state index is 14.8. The molecule has 0 radical (unpaired) electrons. The number of hydrogen-bond acceptors (Lipinski definition) is 4. The van der Waals surface area contributed by atoms with Crippen molar-refractivity contribution in [2.45, 2.75) is 17.4 Å². The third-order valence-electron chi connectivity index (χ3n) is 5.61. The quantitative estimate of drug-likeness (QED) is 0.465. The molecule has 1 saturated heterocycles. The lowest BCUT2D eigenvalue weighted by atomic mass is 10.1. The maximum absolute atomic E-state index is 14.8. The van der Waals surface area contributed by atoms with Crippen LogP contribution < -0.4 is 9.62 Å². The molecule has 0 unspecified atom stereocenters. The first-order chi connectivity index (χ1) is 15.8. The van der Waals surface area contributed by atoms with Crippen molar-refractivity contribution < 1.29 is 17.6 Å². The van der Waals surface area contributed by atoms with E-state index in [0.717, 1.165) is 5.39 Å². The third kappa shape index (κ3) is 4.10. The van der Waals surface area contributed by atoms with Crippen molar-refractivity contribution in [2.75, 3.05) is 11.4 Å². The van der Waals surface area contributed by atoms with Gasteiger partial charge in [-0.3, -0.25) is 4.79 Å². The average Bonchev–Trinajstić information content (AvgIpc) is 3.44. The summed E-state index contributed by atoms with van der Waals surface area (Å²) < 4.78 is 44.8. The number of nitrogens with zero attached hydrogens (tertiary/aromatic N) is 3. The lowest BCUT2D eigenvalue weighted by Gasteiger charge is -2.19. The van der Waals surface area contributed by atoms with Crippen LogP contribution >= 0.6 is 11.6 Å². The molecular formula is C23H18ClFN4O3S. The van der Waals surface area contributed by atoms with Crippen molar-refractivity contribution in [3.05, 3.63) is 84.2 Å². The van der Waals surface area contributed by atoms with Gasteiger partial charge in [-0.15, -0.1) is 0 Å². The Morgan fingerprint density at radius 2 is 1.85 bits per heavy atom. The second-order valence-electron chi connectivity index (χ2n) is 7.71. The number of amides is 1. The van der Waals surface area contributed by atoms with Crippen molar-refractivity contribution >= 4 is 44.0 Å². The van der Waals surface area contributed by atoms with E-state index in [-0.39, 0.29) is 23.5 Å². The van der Waals surface area contributed by atoms with Gasteiger partial charge in [-0.25, -0.2) is 17.8 Å². The van der Waals surface area contributed by atoms with Crippen molar-refractivity contribution in [3.8, 4) is 5.69 Å². The number of anilines is 1. The van der Waals surface area contributed by atoms with E-state index < -0.39 is 27.8 Å². The number of fused-ring (bicyclic) bond motifs is 1. The molecule has 7 nitrogen and oxygen atoms in total. The highest BCUT2D eigenvalue weighted by molar-refractivity contribution is 7.89. The Labute approximate surface area is 194 Å². The van der Waals surface area contributed by atoms with Gasteiger partial charge >= 0.3 is 0 Å². The first kappa shape index (κ1) is 21.6. The van der Waals surface area contributed by atoms with Crippen LogP contribution in [0.3, 0.4) is 0 Å². The fourth-order valence-electron chi connectivity index (χ4n) is 3.93. The summed E-state index contributed by atoms with van der Waals surface area (Å²) in [6.07, 6.45) is 5.03. The molecule has 1 fully saturated rings. The fourth-order valence-corrected chi connectivity index (χ4v) is 5.37. The summed E-state index contributed by atoms with van der Waals surface area (Å²) in [6, 6.07) is 13.3. The van der Waals surface area contributed by atoms with E-state index in [4.69, 9.17) is 11.6 Å². The van der Waals surface area contributed by atoms with Gasteiger partial charge in [0.25, 0.3) is 0 Å². The summed E-state index contributed by atoms with van der Waals surface area (Å²) >= 11 is 5.98. The highest BCUT2D eigenvalue weighted by atomic mass is 35.5. The van der Waals surface area contributed by atoms with E-state index in [1.54, 1.807) is 53.6 Å². The molecule has 0 saturated carbocycles. The zero-order valence-electron chi connectivity index (χ0n) is 17.2. The molecule has 3 aromatic carbocycles. The number of imidazole rings is 1. The molecule has 10 heteroatoms. The second kappa shape index (κ2) is 8.26. The Morgan fingerprint density at radius 3 is 2.61 bits per heavy atom. The topological polar surface area (TPSA) is 84.3 Å². The number of carbonyl (C=O) groups excluding carboxylic acids is 1. The number of hydrogen-bond donors (Lipinski definition) is 1. The summed E-state index contributed by atoms with van der Waals surface area (Å²) in [5, 5.41) is 2.07. The molecule has 2 heterocycles. The van der Waals surface area contributed by atoms with Gasteiger partial charge in [0, 0.05) is 35.7 Å². The molecule has 0 spiro atoms. The van der Waals surface area contributed by atoms with E-state index in [1.807, 2.05) is 0 Å². The number of nitrogens with one attached hydrogen (secondary N) is 1. The normalized spacial score (nSPS) is 16.6. The molecule has 0 aliphatic carbocycles. The largest absolute Gasteiger partial charge is 0.308 e. The molecule has 0 bridgehead atoms. The summed E-state index contributed by atoms with van der Waals surface area (Å²) in [7, 11) is -3.96. The van der Waals surface area contributed by atoms with Crippen LogP contribution in [0.1, 0.15) is 6.42 Å². The molecule has 168 valence electrons. The minimum Gasteiger partial charge on any atom is -0.308 e. The van der Waals surface area contributed by atoms with Gasteiger partial charge in [-0.2, -0.15) is 4.72 Å². The van der Waals surface area contributed by atoms with Crippen LogP contribution in [0.5, 0.6) is 0 Å². The molecule has 1 aliphatic heterocycles. The lowest BCUT2D eigenvalue weighted by Crippen LogP contribution is -2.41. The van der Waals surface area contributed by atoms with Gasteiger partial charge in [-0.1, -0.05) is 23.7 Å². The van der Waals surface area contributed by atoms with Crippen LogP contribution in [-0.4, -0.2) is 36.5 Å². The summed E-state index contributed by atoms with van der Waals surface area (Å²) in [5.41, 5.74) is 0.670. The molecule has 1 atom stereocenters. The second-order valence-corrected chi connectivity index (χ2v) is 9.86. The number of benzene rings is 3. The SMILES string of the molecule is O=C1[C@@H](NS(=O)(=O)c2ccc3cc(Cl)ccc3c2)CCN1c1ccc(-n2ccnc2)cc1F. The lowest BCUT2D eigenvalue weighted by molar-refractivity contribution is -0.118. The Bertz CT molecular complexity index is 1470. The van der Waals surface area contributed by atoms with Gasteiger partial charge in [-0.05, 0) is 53.6 Å². The molecule has 1 aromatic heterocycles. The van der Waals surface area contributed by atoms with Crippen molar-refractivity contribution in [1.29, 1.82) is 0 Å². The number of sulfonamides is 1. The van der Waals surface area contributed by atoms with E-state index >= 15 is 0 Å². The number of carbonyl (C=O) groups is 1. The molecule has 1 aliphatic rings. The zero-order valence-corrected chi connectivity index (χ0v) is 18.7. The van der Waals surface area contributed by atoms with E-state index in [1.165, 1.54) is 29.2 Å². The van der Waals surface area contributed by atoms with Gasteiger partial charge in [0.2, 0.25) is 15.9 Å². The van der Waals surface area contributed by atoms with Crippen LogP contribution in [0, 0.1) is 5.82 Å². The van der Waals surface area contributed by atoms with Gasteiger partial charge in [0.1, 0.15) is 11.9 Å². The van der Waals surface area contributed by atoms with Crippen LogP contribution in [0.25, 0.3) is 16.5 Å². The van der Waals surface area contributed by atoms with E-state index in [0.29, 0.717) is 16.1 Å². The van der Waals surface area contributed by atoms with Crippen LogP contribution in [-0.2, 0) is 14.8 Å². The average molecular weight is 485 g/mol. The zero-order chi connectivity index (χ0) is 23.2. The summed E-state index contributed by atoms with van der Waals surface area (Å²) in [4.78, 5) is 18.2. The highest BCUT2D eigenvalue weighted by Gasteiger charge is 2.36. The highest BCUT2D eigenvalue weighted by Crippen LogP contribution is 2.28. The molecule has 4 aromatic rings. The monoisotopic (exact) mass is 484 g/mol. The Kier molecular flexibility index (Phi) is 5.40. The van der Waals surface area contributed by atoms with Crippen LogP contribution in [0.15, 0.2) is 78.2 Å². The predicted molar refractivity (Wildman–Crippen MR) is 124 cm³/mol. The first-order valence-corrected chi connectivity index (χ1v) is 12.0. The van der Waals surface area contributed by atoms with Gasteiger partial charge < -0.3 is 9.47 Å². The number of halogens is 2. The molecule has 5 rings (SSSR count). The maximum Gasteiger partial charge on any atom is 0.245 e.